The number of sulfone groups is 1. The van der Waals surface area contributed by atoms with Gasteiger partial charge in [-0.25, -0.2) is 13.4 Å². The molecule has 2 aliphatic heterocycles. The van der Waals surface area contributed by atoms with E-state index in [1.54, 1.807) is 18.3 Å². The van der Waals surface area contributed by atoms with Gasteiger partial charge in [0.2, 0.25) is 0 Å². The number of carbonyl (C=O) groups excluding carboxylic acids is 1. The summed E-state index contributed by atoms with van der Waals surface area (Å²) in [5, 5.41) is 7.05. The van der Waals surface area contributed by atoms with E-state index in [0.29, 0.717) is 61.2 Å². The summed E-state index contributed by atoms with van der Waals surface area (Å²) in [4.78, 5) is 26.6. The number of nitrogens with one attached hydrogen (secondary N) is 1. The van der Waals surface area contributed by atoms with Gasteiger partial charge in [0.15, 0.2) is 26.8 Å². The van der Waals surface area contributed by atoms with Crippen molar-refractivity contribution in [2.75, 3.05) is 43.1 Å². The smallest absolute Gasteiger partial charge is 0.280 e. The van der Waals surface area contributed by atoms with Gasteiger partial charge < -0.3 is 9.57 Å². The average Bonchev–Trinajstić information content (AvgIpc) is 3.46. The zero-order chi connectivity index (χ0) is 25.1. The standard InChI is InChI=1S/C23H28N4O6S3/c28-22(25-23-24-13-18(34-23)14-27-8-11-35(29)12-9-27)21(26-33-17-7-10-32-15-17)16-1-3-19(4-2-16)36(30,31)20-5-6-20/h1-4,13,17,20H,5-12,14-15H2,(H,24,25,28)/b26-21+/t17-/m1/s1. The minimum atomic E-state index is -3.33. The molecule has 1 aromatic heterocycles. The number of hydrogen-bond donors (Lipinski definition) is 1. The highest BCUT2D eigenvalue weighted by molar-refractivity contribution is 7.92. The quantitative estimate of drug-likeness (QED) is 0.369. The monoisotopic (exact) mass is 552 g/mol. The van der Waals surface area contributed by atoms with Crippen LogP contribution in [0.4, 0.5) is 5.13 Å². The van der Waals surface area contributed by atoms with Crippen LogP contribution in [0.1, 0.15) is 29.7 Å². The molecule has 1 aromatic carbocycles. The highest BCUT2D eigenvalue weighted by Crippen LogP contribution is 2.33. The van der Waals surface area contributed by atoms with Crippen molar-refractivity contribution in [3.8, 4) is 0 Å². The molecule has 1 aliphatic carbocycles. The van der Waals surface area contributed by atoms with Crippen LogP contribution in [-0.2, 0) is 41.6 Å². The van der Waals surface area contributed by atoms with E-state index in [-0.39, 0.29) is 22.0 Å². The molecule has 3 fully saturated rings. The second-order valence-electron chi connectivity index (χ2n) is 9.01. The van der Waals surface area contributed by atoms with Crippen LogP contribution in [0.25, 0.3) is 0 Å². The number of ether oxygens (including phenoxy) is 1. The molecule has 10 nitrogen and oxygen atoms in total. The molecule has 1 saturated carbocycles. The molecule has 1 N–H and O–H groups in total. The van der Waals surface area contributed by atoms with Crippen molar-refractivity contribution in [1.29, 1.82) is 0 Å². The van der Waals surface area contributed by atoms with Crippen molar-refractivity contribution in [2.24, 2.45) is 5.16 Å². The number of thiazole rings is 1. The van der Waals surface area contributed by atoms with E-state index in [1.165, 1.54) is 23.5 Å². The third kappa shape index (κ3) is 6.20. The first-order chi connectivity index (χ1) is 17.4. The van der Waals surface area contributed by atoms with E-state index in [2.05, 4.69) is 20.4 Å². The van der Waals surface area contributed by atoms with E-state index >= 15 is 0 Å². The first-order valence-electron chi connectivity index (χ1n) is 11.9. The summed E-state index contributed by atoms with van der Waals surface area (Å²) < 4.78 is 42.0. The lowest BCUT2D eigenvalue weighted by molar-refractivity contribution is -0.110. The summed E-state index contributed by atoms with van der Waals surface area (Å²) in [7, 11) is -4.06. The minimum absolute atomic E-state index is 0.0347. The molecule has 0 bridgehead atoms. The van der Waals surface area contributed by atoms with Crippen molar-refractivity contribution < 1.29 is 27.0 Å². The summed E-state index contributed by atoms with van der Waals surface area (Å²) >= 11 is 1.37. The Hall–Kier alpha value is -2.19. The third-order valence-electron chi connectivity index (χ3n) is 6.24. The summed E-state index contributed by atoms with van der Waals surface area (Å²) in [5.41, 5.74) is 0.479. The SMILES string of the molecule is O=C(Nc1ncc(CN2CCS(=O)CC2)s1)/C(=N/O[C@@H]1CCOC1)c1ccc(S(=O)(=O)C2CC2)cc1. The average molecular weight is 553 g/mol. The molecule has 13 heteroatoms. The molecule has 0 radical (unpaired) electrons. The summed E-state index contributed by atoms with van der Waals surface area (Å²) in [6.45, 7) is 3.21. The zero-order valence-corrected chi connectivity index (χ0v) is 22.1. The molecule has 0 spiro atoms. The number of oxime groups is 1. The molecule has 1 amide bonds. The second-order valence-corrected chi connectivity index (χ2v) is 14.0. The second kappa shape index (κ2) is 11.1. The number of anilines is 1. The van der Waals surface area contributed by atoms with E-state index < -0.39 is 26.5 Å². The first-order valence-corrected chi connectivity index (χ1v) is 15.7. The fourth-order valence-electron chi connectivity index (χ4n) is 3.97. The lowest BCUT2D eigenvalue weighted by Gasteiger charge is -2.25. The van der Waals surface area contributed by atoms with E-state index in [4.69, 9.17) is 9.57 Å². The Morgan fingerprint density at radius 3 is 2.64 bits per heavy atom. The Kier molecular flexibility index (Phi) is 7.82. The highest BCUT2D eigenvalue weighted by atomic mass is 32.2. The molecule has 2 saturated heterocycles. The Bertz CT molecular complexity index is 1240. The number of aromatic nitrogens is 1. The third-order valence-corrected chi connectivity index (χ3v) is 10.7. The first kappa shape index (κ1) is 25.5. The summed E-state index contributed by atoms with van der Waals surface area (Å²) in [6, 6.07) is 6.18. The topological polar surface area (TPSA) is 127 Å². The minimum Gasteiger partial charge on any atom is -0.389 e. The van der Waals surface area contributed by atoms with Crippen LogP contribution < -0.4 is 5.32 Å². The van der Waals surface area contributed by atoms with Crippen LogP contribution in [0, 0.1) is 0 Å². The van der Waals surface area contributed by atoms with Gasteiger partial charge in [0.25, 0.3) is 5.91 Å². The fraction of sp³-hybridized carbons (Fsp3) is 0.522. The molecule has 1 atom stereocenters. The van der Waals surface area contributed by atoms with Gasteiger partial charge in [-0.05, 0) is 25.0 Å². The zero-order valence-electron chi connectivity index (χ0n) is 19.6. The maximum atomic E-state index is 13.2. The number of amides is 1. The van der Waals surface area contributed by atoms with Crippen LogP contribution in [0.5, 0.6) is 0 Å². The fourth-order valence-corrected chi connectivity index (χ4v) is 7.61. The van der Waals surface area contributed by atoms with Gasteiger partial charge in [-0.1, -0.05) is 17.3 Å². The van der Waals surface area contributed by atoms with Crippen molar-refractivity contribution in [3.05, 3.63) is 40.9 Å². The van der Waals surface area contributed by atoms with E-state index in [9.17, 15) is 17.4 Å². The van der Waals surface area contributed by atoms with Crippen molar-refractivity contribution in [2.45, 2.75) is 42.1 Å². The highest BCUT2D eigenvalue weighted by Gasteiger charge is 2.36. The predicted molar refractivity (Wildman–Crippen MR) is 137 cm³/mol. The summed E-state index contributed by atoms with van der Waals surface area (Å²) in [6.07, 6.45) is 3.53. The molecule has 0 unspecified atom stereocenters. The van der Waals surface area contributed by atoms with Crippen LogP contribution in [0.2, 0.25) is 0 Å². The Labute approximate surface area is 216 Å². The molecular weight excluding hydrogens is 524 g/mol. The molecule has 3 aliphatic rings. The Morgan fingerprint density at radius 2 is 1.97 bits per heavy atom. The number of hydrogen-bond acceptors (Lipinski definition) is 10. The van der Waals surface area contributed by atoms with Crippen LogP contribution in [0.3, 0.4) is 0 Å². The maximum Gasteiger partial charge on any atom is 0.280 e. The van der Waals surface area contributed by atoms with Crippen LogP contribution in [-0.4, -0.2) is 83.3 Å². The predicted octanol–water partition coefficient (Wildman–Crippen LogP) is 1.79. The van der Waals surface area contributed by atoms with Gasteiger partial charge >= 0.3 is 0 Å². The lowest BCUT2D eigenvalue weighted by Crippen LogP contribution is -2.36. The molecule has 194 valence electrons. The van der Waals surface area contributed by atoms with Crippen LogP contribution in [0.15, 0.2) is 40.5 Å². The van der Waals surface area contributed by atoms with E-state index in [1.807, 2.05) is 0 Å². The number of nitrogens with zero attached hydrogens (tertiary/aromatic N) is 3. The normalized spacial score (nSPS) is 22.0. The van der Waals surface area contributed by atoms with E-state index in [0.717, 1.165) is 18.0 Å². The molecule has 36 heavy (non-hydrogen) atoms. The van der Waals surface area contributed by atoms with Crippen LogP contribution >= 0.6 is 11.3 Å². The molecular formula is C23H28N4O6S3. The lowest BCUT2D eigenvalue weighted by atomic mass is 10.1. The van der Waals surface area contributed by atoms with Crippen molar-refractivity contribution in [1.82, 2.24) is 9.88 Å². The van der Waals surface area contributed by atoms with Gasteiger partial charge in [-0.15, -0.1) is 11.3 Å². The van der Waals surface area contributed by atoms with Gasteiger partial charge in [-0.2, -0.15) is 0 Å². The maximum absolute atomic E-state index is 13.2. The number of rotatable bonds is 9. The molecule has 5 rings (SSSR count). The van der Waals surface area contributed by atoms with Gasteiger partial charge in [0.05, 0.1) is 23.4 Å². The molecule has 2 aromatic rings. The number of benzene rings is 1. The van der Waals surface area contributed by atoms with Gasteiger partial charge in [0.1, 0.15) is 0 Å². The Balaban J connectivity index is 1.30. The largest absolute Gasteiger partial charge is 0.389 e. The van der Waals surface area contributed by atoms with Gasteiger partial charge in [-0.3, -0.25) is 19.2 Å². The number of carbonyl (C=O) groups is 1. The van der Waals surface area contributed by atoms with Gasteiger partial charge in [0, 0.05) is 65.0 Å². The van der Waals surface area contributed by atoms with Crippen molar-refractivity contribution >= 4 is 48.7 Å². The Morgan fingerprint density at radius 1 is 1.22 bits per heavy atom. The van der Waals surface area contributed by atoms with Crippen molar-refractivity contribution in [3.63, 3.8) is 0 Å². The molecule has 3 heterocycles. The summed E-state index contributed by atoms with van der Waals surface area (Å²) in [5.74, 6) is 0.852.